The van der Waals surface area contributed by atoms with Crippen LogP contribution in [0.25, 0.3) is 0 Å². The number of anilines is 1. The first-order valence-corrected chi connectivity index (χ1v) is 8.65. The fourth-order valence-corrected chi connectivity index (χ4v) is 2.80. The molecule has 0 aliphatic carbocycles. The Hall–Kier alpha value is -3.18. The summed E-state index contributed by atoms with van der Waals surface area (Å²) in [5.74, 6) is 7.63. The summed E-state index contributed by atoms with van der Waals surface area (Å²) in [7, 11) is 5.78. The van der Waals surface area contributed by atoms with Gasteiger partial charge in [-0.05, 0) is 47.5 Å². The maximum Gasteiger partial charge on any atom is 0.118 e. The second kappa shape index (κ2) is 8.27. The largest absolute Gasteiger partial charge is 0.497 e. The van der Waals surface area contributed by atoms with Crippen molar-refractivity contribution in [1.29, 1.82) is 0 Å². The molecule has 3 aromatic rings. The summed E-state index contributed by atoms with van der Waals surface area (Å²) >= 11 is 0. The second-order valence-corrected chi connectivity index (χ2v) is 6.33. The van der Waals surface area contributed by atoms with Gasteiger partial charge in [-0.25, -0.2) is 0 Å². The van der Waals surface area contributed by atoms with Gasteiger partial charge in [0.05, 0.1) is 13.0 Å². The zero-order chi connectivity index (χ0) is 18.4. The molecular weight excluding hydrogens is 318 g/mol. The van der Waals surface area contributed by atoms with E-state index in [4.69, 9.17) is 4.74 Å². The van der Waals surface area contributed by atoms with Crippen LogP contribution in [0.5, 0.6) is 5.75 Å². The Kier molecular flexibility index (Phi) is 5.61. The van der Waals surface area contributed by atoms with Crippen LogP contribution in [0.3, 0.4) is 0 Å². The van der Waals surface area contributed by atoms with E-state index in [2.05, 4.69) is 53.1 Å². The number of hydrogen-bond acceptors (Lipinski definition) is 2. The summed E-state index contributed by atoms with van der Waals surface area (Å²) < 4.78 is 5.28. The summed E-state index contributed by atoms with van der Waals surface area (Å²) in [5, 5.41) is 0. The molecule has 130 valence electrons. The molecule has 2 nitrogen and oxygen atoms in total. The van der Waals surface area contributed by atoms with Crippen molar-refractivity contribution < 1.29 is 4.74 Å². The highest BCUT2D eigenvalue weighted by Gasteiger charge is 2.12. The van der Waals surface area contributed by atoms with Crippen molar-refractivity contribution in [2.75, 3.05) is 26.1 Å². The zero-order valence-corrected chi connectivity index (χ0v) is 15.4. The smallest absolute Gasteiger partial charge is 0.118 e. The molecule has 0 fully saturated rings. The molecule has 0 saturated carbocycles. The quantitative estimate of drug-likeness (QED) is 0.623. The van der Waals surface area contributed by atoms with Crippen LogP contribution in [0.4, 0.5) is 5.69 Å². The van der Waals surface area contributed by atoms with Crippen LogP contribution in [0.1, 0.15) is 22.6 Å². The summed E-state index contributed by atoms with van der Waals surface area (Å²) in [4.78, 5) is 2.10. The zero-order valence-electron chi connectivity index (χ0n) is 15.4. The van der Waals surface area contributed by atoms with Crippen LogP contribution >= 0.6 is 0 Å². The third-order valence-corrected chi connectivity index (χ3v) is 4.33. The molecule has 2 heteroatoms. The first-order valence-electron chi connectivity index (χ1n) is 8.65. The van der Waals surface area contributed by atoms with Gasteiger partial charge in [0.25, 0.3) is 0 Å². The van der Waals surface area contributed by atoms with Crippen molar-refractivity contribution in [2.45, 2.75) is 5.92 Å². The fraction of sp³-hybridized carbons (Fsp3) is 0.167. The van der Waals surface area contributed by atoms with Crippen LogP contribution in [-0.2, 0) is 0 Å². The van der Waals surface area contributed by atoms with Crippen LogP contribution in [0.15, 0.2) is 78.9 Å². The van der Waals surface area contributed by atoms with E-state index >= 15 is 0 Å². The van der Waals surface area contributed by atoms with Gasteiger partial charge >= 0.3 is 0 Å². The maximum absolute atomic E-state index is 5.28. The molecule has 0 aromatic heterocycles. The number of nitrogens with zero attached hydrogens (tertiary/aromatic N) is 1. The Balaban J connectivity index is 1.99. The SMILES string of the molecule is COc1ccc(C(C#Cc2ccccc2)c2ccc(N(C)C)cc2)cc1. The van der Waals surface area contributed by atoms with Gasteiger partial charge in [0, 0.05) is 25.3 Å². The average Bonchev–Trinajstić information content (AvgIpc) is 2.70. The van der Waals surface area contributed by atoms with E-state index in [1.165, 1.54) is 11.3 Å². The Labute approximate surface area is 156 Å². The Bertz CT molecular complexity index is 885. The molecule has 0 aliphatic heterocycles. The number of ether oxygens (including phenoxy) is 1. The molecule has 0 radical (unpaired) electrons. The minimum absolute atomic E-state index is 0.0114. The Morgan fingerprint density at radius 3 is 1.88 bits per heavy atom. The van der Waals surface area contributed by atoms with Crippen molar-refractivity contribution in [2.24, 2.45) is 0 Å². The predicted octanol–water partition coefficient (Wildman–Crippen LogP) is 4.94. The first-order chi connectivity index (χ1) is 12.7. The summed E-state index contributed by atoms with van der Waals surface area (Å²) in [6.07, 6.45) is 0. The second-order valence-electron chi connectivity index (χ2n) is 6.33. The van der Waals surface area contributed by atoms with E-state index < -0.39 is 0 Å². The van der Waals surface area contributed by atoms with Crippen molar-refractivity contribution in [3.05, 3.63) is 95.6 Å². The molecular formula is C24H23NO. The lowest BCUT2D eigenvalue weighted by Gasteiger charge is -2.16. The summed E-state index contributed by atoms with van der Waals surface area (Å²) in [6, 6.07) is 26.8. The van der Waals surface area contributed by atoms with E-state index in [0.717, 1.165) is 16.9 Å². The topological polar surface area (TPSA) is 12.5 Å². The highest BCUT2D eigenvalue weighted by Crippen LogP contribution is 2.27. The molecule has 0 spiro atoms. The van der Waals surface area contributed by atoms with Crippen LogP contribution < -0.4 is 9.64 Å². The standard InChI is InChI=1S/C24H23NO/c1-25(2)22-14-10-20(11-15-22)24(18-9-19-7-5-4-6-8-19)21-12-16-23(26-3)17-13-21/h4-8,10-17,24H,1-3H3. The van der Waals surface area contributed by atoms with Gasteiger partial charge in [-0.2, -0.15) is 0 Å². The van der Waals surface area contributed by atoms with Crippen LogP contribution in [0, 0.1) is 11.8 Å². The molecule has 0 saturated heterocycles. The molecule has 0 N–H and O–H groups in total. The predicted molar refractivity (Wildman–Crippen MR) is 109 cm³/mol. The van der Waals surface area contributed by atoms with Gasteiger partial charge in [-0.1, -0.05) is 54.3 Å². The highest BCUT2D eigenvalue weighted by atomic mass is 16.5. The van der Waals surface area contributed by atoms with Crippen molar-refractivity contribution in [3.8, 4) is 17.6 Å². The van der Waals surface area contributed by atoms with Gasteiger partial charge < -0.3 is 9.64 Å². The molecule has 26 heavy (non-hydrogen) atoms. The third kappa shape index (κ3) is 4.26. The minimum atomic E-state index is 0.0114. The monoisotopic (exact) mass is 341 g/mol. The molecule has 0 aliphatic rings. The number of rotatable bonds is 4. The molecule has 0 heterocycles. The van der Waals surface area contributed by atoms with Crippen LogP contribution in [-0.4, -0.2) is 21.2 Å². The van der Waals surface area contributed by atoms with Gasteiger partial charge in [0.15, 0.2) is 0 Å². The lowest BCUT2D eigenvalue weighted by atomic mass is 9.91. The van der Waals surface area contributed by atoms with E-state index in [9.17, 15) is 0 Å². The third-order valence-electron chi connectivity index (χ3n) is 4.33. The lowest BCUT2D eigenvalue weighted by molar-refractivity contribution is 0.414. The molecule has 1 atom stereocenters. The van der Waals surface area contributed by atoms with E-state index in [1.54, 1.807) is 7.11 Å². The highest BCUT2D eigenvalue weighted by molar-refractivity contribution is 5.51. The van der Waals surface area contributed by atoms with E-state index in [1.807, 2.05) is 56.6 Å². The van der Waals surface area contributed by atoms with Gasteiger partial charge in [0.1, 0.15) is 5.75 Å². The van der Waals surface area contributed by atoms with E-state index in [-0.39, 0.29) is 5.92 Å². The summed E-state index contributed by atoms with van der Waals surface area (Å²) in [6.45, 7) is 0. The fourth-order valence-electron chi connectivity index (χ4n) is 2.80. The Morgan fingerprint density at radius 1 is 0.769 bits per heavy atom. The first kappa shape index (κ1) is 17.6. The van der Waals surface area contributed by atoms with Gasteiger partial charge in [-0.3, -0.25) is 0 Å². The molecule has 1 unspecified atom stereocenters. The molecule has 3 aromatic carbocycles. The number of methoxy groups -OCH3 is 1. The van der Waals surface area contributed by atoms with Crippen molar-refractivity contribution in [1.82, 2.24) is 0 Å². The number of hydrogen-bond donors (Lipinski definition) is 0. The maximum atomic E-state index is 5.28. The normalized spacial score (nSPS) is 11.2. The average molecular weight is 341 g/mol. The van der Waals surface area contributed by atoms with Crippen molar-refractivity contribution >= 4 is 5.69 Å². The molecule has 0 amide bonds. The van der Waals surface area contributed by atoms with Crippen molar-refractivity contribution in [3.63, 3.8) is 0 Å². The molecule has 3 rings (SSSR count). The molecule has 0 bridgehead atoms. The number of benzene rings is 3. The van der Waals surface area contributed by atoms with Crippen LogP contribution in [0.2, 0.25) is 0 Å². The Morgan fingerprint density at radius 2 is 1.35 bits per heavy atom. The van der Waals surface area contributed by atoms with Gasteiger partial charge in [-0.15, -0.1) is 0 Å². The minimum Gasteiger partial charge on any atom is -0.497 e. The van der Waals surface area contributed by atoms with E-state index in [0.29, 0.717) is 0 Å². The summed E-state index contributed by atoms with van der Waals surface area (Å²) in [5.41, 5.74) is 4.55. The lowest BCUT2D eigenvalue weighted by Crippen LogP contribution is -2.08. The van der Waals surface area contributed by atoms with Gasteiger partial charge in [0.2, 0.25) is 0 Å².